The first kappa shape index (κ1) is 13.2. The van der Waals surface area contributed by atoms with Crippen LogP contribution in [0.25, 0.3) is 0 Å². The second-order valence-corrected chi connectivity index (χ2v) is 5.25. The van der Waals surface area contributed by atoms with Crippen LogP contribution in [0.3, 0.4) is 0 Å². The molecule has 0 spiro atoms. The number of likely N-dealkylation sites (tertiary alicyclic amines) is 1. The summed E-state index contributed by atoms with van der Waals surface area (Å²) in [7, 11) is 0. The molecule has 1 aliphatic rings. The first-order valence-corrected chi connectivity index (χ1v) is 7.22. The van der Waals surface area contributed by atoms with Gasteiger partial charge in [0.1, 0.15) is 5.82 Å². The Morgan fingerprint density at radius 2 is 2.25 bits per heavy atom. The Hall–Kier alpha value is -1.82. The molecule has 2 aromatic rings. The summed E-state index contributed by atoms with van der Waals surface area (Å²) in [5.41, 5.74) is 1.20. The molecular formula is C14H20N6. The molecule has 106 valence electrons. The van der Waals surface area contributed by atoms with Gasteiger partial charge in [-0.1, -0.05) is 6.07 Å². The van der Waals surface area contributed by atoms with Gasteiger partial charge in [0, 0.05) is 19.3 Å². The summed E-state index contributed by atoms with van der Waals surface area (Å²) in [5, 5.41) is 11.6. The topological polar surface area (TPSA) is 59.7 Å². The first-order chi connectivity index (χ1) is 9.84. The molecule has 20 heavy (non-hydrogen) atoms. The minimum atomic E-state index is 0.478. The van der Waals surface area contributed by atoms with Crippen LogP contribution in [0.4, 0.5) is 0 Å². The Kier molecular flexibility index (Phi) is 4.01. The van der Waals surface area contributed by atoms with Crippen LogP contribution in [0.5, 0.6) is 0 Å². The van der Waals surface area contributed by atoms with Crippen LogP contribution >= 0.6 is 0 Å². The Bertz CT molecular complexity index is 538. The molecule has 3 heterocycles. The summed E-state index contributed by atoms with van der Waals surface area (Å²) in [5.74, 6) is 0.882. The Labute approximate surface area is 118 Å². The summed E-state index contributed by atoms with van der Waals surface area (Å²) < 4.78 is 1.87. The van der Waals surface area contributed by atoms with E-state index in [0.29, 0.717) is 6.04 Å². The molecule has 1 aliphatic heterocycles. The maximum atomic E-state index is 4.50. The molecule has 6 heteroatoms. The molecule has 0 bridgehead atoms. The molecule has 0 amide bonds. The van der Waals surface area contributed by atoms with Crippen molar-refractivity contribution in [2.75, 3.05) is 13.1 Å². The SMILES string of the molecule is Cc1nnnn1CCCN1CCC[C@H]1c1ccccn1. The van der Waals surface area contributed by atoms with Gasteiger partial charge in [-0.25, -0.2) is 4.68 Å². The van der Waals surface area contributed by atoms with E-state index in [9.17, 15) is 0 Å². The van der Waals surface area contributed by atoms with Crippen LogP contribution in [0, 0.1) is 6.92 Å². The quantitative estimate of drug-likeness (QED) is 0.827. The van der Waals surface area contributed by atoms with Crippen LogP contribution < -0.4 is 0 Å². The van der Waals surface area contributed by atoms with Crippen molar-refractivity contribution >= 4 is 0 Å². The van der Waals surface area contributed by atoms with Crippen molar-refractivity contribution in [3.63, 3.8) is 0 Å². The van der Waals surface area contributed by atoms with Gasteiger partial charge in [0.25, 0.3) is 0 Å². The predicted molar refractivity (Wildman–Crippen MR) is 75.0 cm³/mol. The highest BCUT2D eigenvalue weighted by Gasteiger charge is 2.26. The van der Waals surface area contributed by atoms with E-state index in [4.69, 9.17) is 0 Å². The summed E-state index contributed by atoms with van der Waals surface area (Å²) in [6.07, 6.45) is 5.41. The van der Waals surface area contributed by atoms with Crippen molar-refractivity contribution in [1.82, 2.24) is 30.1 Å². The molecule has 1 saturated heterocycles. The number of rotatable bonds is 5. The van der Waals surface area contributed by atoms with E-state index < -0.39 is 0 Å². The molecule has 0 N–H and O–H groups in total. The van der Waals surface area contributed by atoms with Gasteiger partial charge in [-0.2, -0.15) is 0 Å². The lowest BCUT2D eigenvalue weighted by atomic mass is 10.1. The number of nitrogens with zero attached hydrogens (tertiary/aromatic N) is 6. The van der Waals surface area contributed by atoms with Gasteiger partial charge in [-0.05, 0) is 55.3 Å². The largest absolute Gasteiger partial charge is 0.295 e. The fourth-order valence-electron chi connectivity index (χ4n) is 2.88. The van der Waals surface area contributed by atoms with Gasteiger partial charge >= 0.3 is 0 Å². The second-order valence-electron chi connectivity index (χ2n) is 5.25. The number of aryl methyl sites for hydroxylation is 2. The third-order valence-corrected chi connectivity index (χ3v) is 3.92. The summed E-state index contributed by atoms with van der Waals surface area (Å²) in [6.45, 7) is 5.05. The predicted octanol–water partition coefficient (Wildman–Crippen LogP) is 1.60. The monoisotopic (exact) mass is 272 g/mol. The zero-order valence-corrected chi connectivity index (χ0v) is 11.8. The summed E-state index contributed by atoms with van der Waals surface area (Å²) >= 11 is 0. The third kappa shape index (κ3) is 2.85. The van der Waals surface area contributed by atoms with Crippen LogP contribution in [0.15, 0.2) is 24.4 Å². The molecule has 0 saturated carbocycles. The van der Waals surface area contributed by atoms with Crippen molar-refractivity contribution in [1.29, 1.82) is 0 Å². The lowest BCUT2D eigenvalue weighted by molar-refractivity contribution is 0.243. The van der Waals surface area contributed by atoms with Crippen molar-refractivity contribution in [3.8, 4) is 0 Å². The van der Waals surface area contributed by atoms with E-state index in [-0.39, 0.29) is 0 Å². The highest BCUT2D eigenvalue weighted by Crippen LogP contribution is 2.30. The normalized spacial score (nSPS) is 19.6. The highest BCUT2D eigenvalue weighted by molar-refractivity contribution is 5.10. The van der Waals surface area contributed by atoms with Crippen LogP contribution in [0.2, 0.25) is 0 Å². The Morgan fingerprint density at radius 3 is 3.00 bits per heavy atom. The summed E-state index contributed by atoms with van der Waals surface area (Å²) in [4.78, 5) is 7.03. The molecular weight excluding hydrogens is 252 g/mol. The van der Waals surface area contributed by atoms with E-state index in [0.717, 1.165) is 31.9 Å². The zero-order valence-electron chi connectivity index (χ0n) is 11.8. The average molecular weight is 272 g/mol. The molecule has 3 rings (SSSR count). The minimum absolute atomic E-state index is 0.478. The molecule has 1 fully saturated rings. The molecule has 2 aromatic heterocycles. The molecule has 0 aliphatic carbocycles. The smallest absolute Gasteiger partial charge is 0.148 e. The van der Waals surface area contributed by atoms with Crippen LogP contribution in [-0.2, 0) is 6.54 Å². The van der Waals surface area contributed by atoms with Crippen molar-refractivity contribution in [2.45, 2.75) is 38.8 Å². The maximum Gasteiger partial charge on any atom is 0.148 e. The number of hydrogen-bond donors (Lipinski definition) is 0. The molecule has 0 radical (unpaired) electrons. The molecule has 0 unspecified atom stereocenters. The Balaban J connectivity index is 1.56. The van der Waals surface area contributed by atoms with E-state index in [1.54, 1.807) is 0 Å². The standard InChI is InChI=1S/C14H20N6/c1-12-16-17-18-20(12)11-5-10-19-9-4-7-14(19)13-6-2-3-8-15-13/h2-3,6,8,14H,4-5,7,9-11H2,1H3/t14-/m0/s1. The van der Waals surface area contributed by atoms with Gasteiger partial charge in [-0.3, -0.25) is 9.88 Å². The van der Waals surface area contributed by atoms with Gasteiger partial charge in [0.05, 0.1) is 11.7 Å². The fraction of sp³-hybridized carbons (Fsp3) is 0.571. The number of aromatic nitrogens is 5. The van der Waals surface area contributed by atoms with Gasteiger partial charge in [0.15, 0.2) is 0 Å². The second kappa shape index (κ2) is 6.09. The van der Waals surface area contributed by atoms with Gasteiger partial charge < -0.3 is 0 Å². The molecule has 1 atom stereocenters. The minimum Gasteiger partial charge on any atom is -0.295 e. The maximum absolute atomic E-state index is 4.50. The molecule has 6 nitrogen and oxygen atoms in total. The van der Waals surface area contributed by atoms with Crippen molar-refractivity contribution in [2.24, 2.45) is 0 Å². The zero-order chi connectivity index (χ0) is 13.8. The third-order valence-electron chi connectivity index (χ3n) is 3.92. The van der Waals surface area contributed by atoms with Crippen molar-refractivity contribution < 1.29 is 0 Å². The van der Waals surface area contributed by atoms with Crippen molar-refractivity contribution in [3.05, 3.63) is 35.9 Å². The van der Waals surface area contributed by atoms with Gasteiger partial charge in [0.2, 0.25) is 0 Å². The van der Waals surface area contributed by atoms with E-state index in [1.165, 1.54) is 18.5 Å². The lowest BCUT2D eigenvalue weighted by Gasteiger charge is -2.23. The number of pyridine rings is 1. The van der Waals surface area contributed by atoms with Gasteiger partial charge in [-0.15, -0.1) is 5.10 Å². The summed E-state index contributed by atoms with van der Waals surface area (Å²) in [6, 6.07) is 6.66. The number of hydrogen-bond acceptors (Lipinski definition) is 5. The van der Waals surface area contributed by atoms with E-state index >= 15 is 0 Å². The van der Waals surface area contributed by atoms with Crippen LogP contribution in [-0.4, -0.2) is 43.2 Å². The number of tetrazole rings is 1. The fourth-order valence-corrected chi connectivity index (χ4v) is 2.88. The average Bonchev–Trinajstić information content (AvgIpc) is 3.10. The van der Waals surface area contributed by atoms with E-state index in [1.807, 2.05) is 23.9 Å². The Morgan fingerprint density at radius 1 is 1.30 bits per heavy atom. The molecule has 0 aromatic carbocycles. The van der Waals surface area contributed by atoms with E-state index in [2.05, 4.69) is 37.5 Å². The highest BCUT2D eigenvalue weighted by atomic mass is 15.5. The first-order valence-electron chi connectivity index (χ1n) is 7.22. The van der Waals surface area contributed by atoms with Crippen LogP contribution in [0.1, 0.15) is 36.8 Å². The lowest BCUT2D eigenvalue weighted by Crippen LogP contribution is -2.26.